The molecule has 9 heteroatoms. The lowest BCUT2D eigenvalue weighted by molar-refractivity contribution is -0.149. The summed E-state index contributed by atoms with van der Waals surface area (Å²) in [5.74, 6) is -0.472. The number of hydrogen-bond acceptors (Lipinski definition) is 6. The van der Waals surface area contributed by atoms with E-state index < -0.39 is 20.5 Å². The zero-order valence-corrected chi connectivity index (χ0v) is 32.5. The fraction of sp³-hybridized carbons (Fsp3) is 0.850. The van der Waals surface area contributed by atoms with Crippen molar-refractivity contribution in [3.8, 4) is 0 Å². The monoisotopic (exact) mass is 715 g/mol. The summed E-state index contributed by atoms with van der Waals surface area (Å²) in [6.45, 7) is 3.60. The second-order valence-electron chi connectivity index (χ2n) is 13.6. The van der Waals surface area contributed by atoms with E-state index in [-0.39, 0.29) is 31.4 Å². The first-order valence-corrected chi connectivity index (χ1v) is 21.6. The second-order valence-corrected chi connectivity index (χ2v) is 14.8. The maximum Gasteiger partial charge on any atom is 0.469 e. The van der Waals surface area contributed by atoms with Gasteiger partial charge in [0.25, 0.3) is 0 Å². The molecule has 0 aliphatic carbocycles. The van der Waals surface area contributed by atoms with Crippen LogP contribution in [0, 0.1) is 0 Å². The quantitative estimate of drug-likeness (QED) is 0.0281. The van der Waals surface area contributed by atoms with Crippen molar-refractivity contribution >= 4 is 19.6 Å². The Morgan fingerprint density at radius 3 is 1.37 bits per heavy atom. The smallest absolute Gasteiger partial charge is 0.463 e. The van der Waals surface area contributed by atoms with Gasteiger partial charge in [0, 0.05) is 12.8 Å². The van der Waals surface area contributed by atoms with Crippen molar-refractivity contribution in [2.75, 3.05) is 19.8 Å². The van der Waals surface area contributed by atoms with Gasteiger partial charge in [0.05, 0.1) is 6.61 Å². The van der Waals surface area contributed by atoms with Crippen LogP contribution in [0.1, 0.15) is 194 Å². The minimum Gasteiger partial charge on any atom is -0.463 e. The van der Waals surface area contributed by atoms with Crippen molar-refractivity contribution in [3.05, 3.63) is 24.3 Å². The van der Waals surface area contributed by atoms with Gasteiger partial charge >= 0.3 is 13.8 Å². The van der Waals surface area contributed by atoms with Gasteiger partial charge in [0.15, 0.2) is 5.78 Å². The van der Waals surface area contributed by atoms with Crippen LogP contribution >= 0.6 is 7.82 Å². The molecule has 0 amide bonds. The third-order valence-corrected chi connectivity index (χ3v) is 9.18. The van der Waals surface area contributed by atoms with E-state index >= 15 is 0 Å². The standard InChI is InChI=1S/C40H75O8P/c1-3-5-7-9-11-13-15-17-19-21-23-25-27-29-31-33-38(41)35-46-39(37-48-49(43,44)45)36-47-40(42)34-32-30-28-26-24-22-20-18-16-14-12-10-8-6-4-2/h17-20,39H,3-16,21-37H2,1-2H3,(H2,43,44,45)/b19-17-,20-18-. The summed E-state index contributed by atoms with van der Waals surface area (Å²) in [5, 5.41) is 0. The molecule has 0 aliphatic heterocycles. The second kappa shape index (κ2) is 36.5. The fourth-order valence-corrected chi connectivity index (χ4v) is 5.96. The number of carbonyl (C=O) groups is 2. The summed E-state index contributed by atoms with van der Waals surface area (Å²) >= 11 is 0. The van der Waals surface area contributed by atoms with E-state index in [1.54, 1.807) is 0 Å². The molecule has 0 spiro atoms. The van der Waals surface area contributed by atoms with Gasteiger partial charge in [-0.3, -0.25) is 14.1 Å². The molecule has 2 N–H and O–H groups in total. The number of Topliss-reactive ketones (excluding diaryl/α,β-unsaturated/α-hetero) is 1. The van der Waals surface area contributed by atoms with Crippen LogP contribution in [-0.4, -0.2) is 47.5 Å². The van der Waals surface area contributed by atoms with E-state index in [9.17, 15) is 14.2 Å². The lowest BCUT2D eigenvalue weighted by Gasteiger charge is -2.18. The minimum atomic E-state index is -4.72. The normalized spacial score (nSPS) is 12.7. The summed E-state index contributed by atoms with van der Waals surface area (Å²) in [6, 6.07) is 0. The van der Waals surface area contributed by atoms with E-state index in [4.69, 9.17) is 19.3 Å². The van der Waals surface area contributed by atoms with E-state index in [0.717, 1.165) is 70.6 Å². The number of allylic oxidation sites excluding steroid dienone is 4. The lowest BCUT2D eigenvalue weighted by Crippen LogP contribution is -2.29. The summed E-state index contributed by atoms with van der Waals surface area (Å²) < 4.78 is 26.6. The van der Waals surface area contributed by atoms with Gasteiger partial charge in [-0.1, -0.05) is 141 Å². The van der Waals surface area contributed by atoms with Crippen LogP contribution in [0.4, 0.5) is 0 Å². The van der Waals surface area contributed by atoms with Gasteiger partial charge in [0.1, 0.15) is 19.3 Å². The first kappa shape index (κ1) is 47.7. The van der Waals surface area contributed by atoms with Gasteiger partial charge in [-0.2, -0.15) is 0 Å². The highest BCUT2D eigenvalue weighted by atomic mass is 31.2. The third kappa shape index (κ3) is 39.3. The Morgan fingerprint density at radius 1 is 0.551 bits per heavy atom. The van der Waals surface area contributed by atoms with Gasteiger partial charge in [0.2, 0.25) is 0 Å². The molecule has 49 heavy (non-hydrogen) atoms. The van der Waals surface area contributed by atoms with Crippen LogP contribution in [0.2, 0.25) is 0 Å². The molecule has 0 rings (SSSR count). The fourth-order valence-electron chi connectivity index (χ4n) is 5.60. The van der Waals surface area contributed by atoms with E-state index in [1.807, 2.05) is 0 Å². The highest BCUT2D eigenvalue weighted by molar-refractivity contribution is 7.46. The Labute approximate surface area is 300 Å². The summed E-state index contributed by atoms with van der Waals surface area (Å²) in [5.41, 5.74) is 0. The maximum absolute atomic E-state index is 12.3. The Hall–Kier alpha value is -1.31. The number of phosphoric ester groups is 1. The molecule has 8 nitrogen and oxygen atoms in total. The van der Waals surface area contributed by atoms with Crippen molar-refractivity contribution in [2.24, 2.45) is 0 Å². The lowest BCUT2D eigenvalue weighted by atomic mass is 10.1. The summed E-state index contributed by atoms with van der Waals surface area (Å²) in [6.07, 6.45) is 39.7. The highest BCUT2D eigenvalue weighted by Crippen LogP contribution is 2.35. The highest BCUT2D eigenvalue weighted by Gasteiger charge is 2.21. The van der Waals surface area contributed by atoms with Crippen molar-refractivity contribution in [1.29, 1.82) is 0 Å². The number of unbranched alkanes of at least 4 members (excludes halogenated alkanes) is 22. The molecule has 0 fully saturated rings. The molecule has 1 unspecified atom stereocenters. The molecule has 0 aromatic rings. The topological polar surface area (TPSA) is 119 Å². The Balaban J connectivity index is 3.94. The first-order chi connectivity index (χ1) is 23.8. The van der Waals surface area contributed by atoms with Crippen molar-refractivity contribution < 1.29 is 37.9 Å². The van der Waals surface area contributed by atoms with Crippen LogP contribution in [0.15, 0.2) is 24.3 Å². The van der Waals surface area contributed by atoms with Gasteiger partial charge in [-0.15, -0.1) is 0 Å². The Morgan fingerprint density at radius 2 is 0.939 bits per heavy atom. The molecule has 0 aliphatic rings. The zero-order chi connectivity index (χ0) is 36.1. The van der Waals surface area contributed by atoms with Crippen molar-refractivity contribution in [3.63, 3.8) is 0 Å². The van der Waals surface area contributed by atoms with Crippen LogP contribution in [0.5, 0.6) is 0 Å². The molecular formula is C40H75O8P. The number of ketones is 1. The van der Waals surface area contributed by atoms with Gasteiger partial charge in [-0.05, 0) is 64.2 Å². The number of carbonyl (C=O) groups excluding carboxylic acids is 2. The average molecular weight is 715 g/mol. The zero-order valence-electron chi connectivity index (χ0n) is 31.6. The van der Waals surface area contributed by atoms with E-state index in [1.165, 1.54) is 96.3 Å². The number of rotatable bonds is 38. The SMILES string of the molecule is CCCCCCCC/C=C\CCCCCCCC(=O)COC(COC(=O)CCCCCCC/C=C\CCCCCCCC)COP(=O)(O)O. The van der Waals surface area contributed by atoms with Crippen LogP contribution in [-0.2, 0) is 28.2 Å². The molecule has 0 saturated heterocycles. The van der Waals surface area contributed by atoms with Gasteiger partial charge in [-0.25, -0.2) is 4.57 Å². The maximum atomic E-state index is 12.3. The number of ether oxygens (including phenoxy) is 2. The number of hydrogen-bond donors (Lipinski definition) is 2. The molecular weight excluding hydrogens is 639 g/mol. The third-order valence-electron chi connectivity index (χ3n) is 8.70. The molecule has 0 aromatic heterocycles. The van der Waals surface area contributed by atoms with Crippen LogP contribution < -0.4 is 0 Å². The van der Waals surface area contributed by atoms with Crippen LogP contribution in [0.25, 0.3) is 0 Å². The Kier molecular flexibility index (Phi) is 35.5. The Bertz CT molecular complexity index is 797. The van der Waals surface area contributed by atoms with Crippen LogP contribution in [0.3, 0.4) is 0 Å². The number of esters is 1. The molecule has 1 atom stereocenters. The van der Waals surface area contributed by atoms with Crippen molar-refractivity contribution in [2.45, 2.75) is 200 Å². The number of phosphoric acid groups is 1. The predicted octanol–water partition coefficient (Wildman–Crippen LogP) is 11.7. The molecule has 0 saturated carbocycles. The molecule has 288 valence electrons. The van der Waals surface area contributed by atoms with Crippen molar-refractivity contribution in [1.82, 2.24) is 0 Å². The molecule has 0 aromatic carbocycles. The summed E-state index contributed by atoms with van der Waals surface area (Å²) in [4.78, 5) is 42.7. The van der Waals surface area contributed by atoms with E-state index in [0.29, 0.717) is 6.42 Å². The largest absolute Gasteiger partial charge is 0.469 e. The minimum absolute atomic E-state index is 0.0848. The molecule has 0 heterocycles. The van der Waals surface area contributed by atoms with E-state index in [2.05, 4.69) is 42.7 Å². The molecule has 0 radical (unpaired) electrons. The average Bonchev–Trinajstić information content (AvgIpc) is 3.07. The van der Waals surface area contributed by atoms with Gasteiger partial charge < -0.3 is 19.3 Å². The molecule has 0 bridgehead atoms. The summed E-state index contributed by atoms with van der Waals surface area (Å²) in [7, 11) is -4.72. The predicted molar refractivity (Wildman–Crippen MR) is 203 cm³/mol. The first-order valence-electron chi connectivity index (χ1n) is 20.1.